The highest BCUT2D eigenvalue weighted by molar-refractivity contribution is 5.81. The van der Waals surface area contributed by atoms with Crippen LogP contribution in [0.2, 0.25) is 0 Å². The number of phenolic OH excluding ortho intramolecular Hbond substituents is 3. The van der Waals surface area contributed by atoms with Gasteiger partial charge in [0, 0.05) is 0 Å². The Morgan fingerprint density at radius 1 is 0.857 bits per heavy atom. The number of hydrogen-bond donors (Lipinski definition) is 3. The van der Waals surface area contributed by atoms with Crippen molar-refractivity contribution in [1.29, 1.82) is 0 Å². The van der Waals surface area contributed by atoms with Gasteiger partial charge >= 0.3 is 0 Å². The maximum Gasteiger partial charge on any atom is 0.168 e. The summed E-state index contributed by atoms with van der Waals surface area (Å²) in [7, 11) is 1.43. The highest BCUT2D eigenvalue weighted by Crippen LogP contribution is 2.27. The van der Waals surface area contributed by atoms with Crippen molar-refractivity contribution >= 4 is 12.6 Å². The molecule has 0 saturated carbocycles. The van der Waals surface area contributed by atoms with E-state index in [0.717, 1.165) is 0 Å². The second-order valence-corrected chi connectivity index (χ2v) is 3.85. The maximum absolute atomic E-state index is 10.3. The van der Waals surface area contributed by atoms with Crippen LogP contribution in [0, 0.1) is 0 Å². The molecule has 0 aliphatic carbocycles. The number of methoxy groups -OCH3 is 1. The third-order valence-corrected chi connectivity index (χ3v) is 2.55. The van der Waals surface area contributed by atoms with Crippen LogP contribution < -0.4 is 4.74 Å². The second kappa shape index (κ2) is 7.54. The van der Waals surface area contributed by atoms with Crippen molar-refractivity contribution in [1.82, 2.24) is 0 Å². The smallest absolute Gasteiger partial charge is 0.168 e. The quantitative estimate of drug-likeness (QED) is 0.591. The maximum atomic E-state index is 10.3. The van der Waals surface area contributed by atoms with E-state index in [1.54, 1.807) is 12.1 Å². The fraction of sp³-hybridized carbons (Fsp3) is 0.0667. The van der Waals surface area contributed by atoms with E-state index in [4.69, 9.17) is 14.9 Å². The topological polar surface area (TPSA) is 104 Å². The van der Waals surface area contributed by atoms with Gasteiger partial charge in [0.15, 0.2) is 35.6 Å². The van der Waals surface area contributed by atoms with E-state index < -0.39 is 0 Å². The Morgan fingerprint density at radius 3 is 1.86 bits per heavy atom. The molecule has 6 nitrogen and oxygen atoms in total. The number of hydrogen-bond acceptors (Lipinski definition) is 6. The number of phenols is 3. The molecule has 2 aromatic rings. The molecule has 0 spiro atoms. The molecule has 0 saturated heterocycles. The van der Waals surface area contributed by atoms with Crippen LogP contribution in [0.15, 0.2) is 36.4 Å². The number of ether oxygens (including phenoxy) is 1. The lowest BCUT2D eigenvalue weighted by Crippen LogP contribution is -1.86. The molecular formula is C15H14O6. The number of carbonyl (C=O) groups is 2. The van der Waals surface area contributed by atoms with Gasteiger partial charge in [0.05, 0.1) is 18.2 Å². The molecule has 6 heteroatoms. The summed E-state index contributed by atoms with van der Waals surface area (Å²) in [5, 5.41) is 27.0. The average Bonchev–Trinajstić information content (AvgIpc) is 2.51. The molecule has 2 aromatic carbocycles. The summed E-state index contributed by atoms with van der Waals surface area (Å²) < 4.78 is 4.78. The largest absolute Gasteiger partial charge is 0.504 e. The minimum absolute atomic E-state index is 0.0972. The van der Waals surface area contributed by atoms with Gasteiger partial charge < -0.3 is 20.1 Å². The van der Waals surface area contributed by atoms with Gasteiger partial charge in [-0.15, -0.1) is 0 Å². The predicted molar refractivity (Wildman–Crippen MR) is 75.2 cm³/mol. The molecule has 0 aromatic heterocycles. The molecule has 0 atom stereocenters. The zero-order valence-corrected chi connectivity index (χ0v) is 11.2. The highest BCUT2D eigenvalue weighted by atomic mass is 16.5. The molecule has 0 unspecified atom stereocenters. The number of para-hydroxylation sites is 2. The number of aldehydes is 2. The number of rotatable bonds is 3. The zero-order chi connectivity index (χ0) is 15.8. The predicted octanol–water partition coefficient (Wildman–Crippen LogP) is 2.12. The van der Waals surface area contributed by atoms with Crippen molar-refractivity contribution in [2.75, 3.05) is 7.11 Å². The van der Waals surface area contributed by atoms with Crippen LogP contribution in [0.1, 0.15) is 20.7 Å². The summed E-state index contributed by atoms with van der Waals surface area (Å²) in [6, 6.07) is 8.96. The monoisotopic (exact) mass is 290 g/mol. The minimum atomic E-state index is -0.363. The summed E-state index contributed by atoms with van der Waals surface area (Å²) in [6.45, 7) is 0. The lowest BCUT2D eigenvalue weighted by molar-refractivity contribution is 0.111. The van der Waals surface area contributed by atoms with Crippen LogP contribution in [-0.4, -0.2) is 35.0 Å². The lowest BCUT2D eigenvalue weighted by atomic mass is 10.2. The number of aromatic hydroxyl groups is 3. The molecule has 0 bridgehead atoms. The van der Waals surface area contributed by atoms with E-state index >= 15 is 0 Å². The molecule has 0 aliphatic rings. The lowest BCUT2D eigenvalue weighted by Gasteiger charge is -2.02. The SMILES string of the molecule is COc1cccc(C=O)c1O.O=Cc1cccc(O)c1O. The van der Waals surface area contributed by atoms with Gasteiger partial charge in [0.2, 0.25) is 0 Å². The van der Waals surface area contributed by atoms with Gasteiger partial charge in [0.1, 0.15) is 0 Å². The second-order valence-electron chi connectivity index (χ2n) is 3.85. The summed E-state index contributed by atoms with van der Waals surface area (Å²) in [4.78, 5) is 20.4. The Kier molecular flexibility index (Phi) is 5.76. The van der Waals surface area contributed by atoms with Crippen LogP contribution in [0.4, 0.5) is 0 Å². The Bertz CT molecular complexity index is 636. The average molecular weight is 290 g/mol. The Hall–Kier alpha value is -3.02. The van der Waals surface area contributed by atoms with E-state index in [2.05, 4.69) is 0 Å². The number of benzene rings is 2. The molecule has 0 aliphatic heterocycles. The first kappa shape index (κ1) is 16.0. The molecule has 2 rings (SSSR count). The summed E-state index contributed by atoms with van der Waals surface area (Å²) in [5.41, 5.74) is 0.337. The molecule has 0 radical (unpaired) electrons. The molecule has 21 heavy (non-hydrogen) atoms. The van der Waals surface area contributed by atoms with Gasteiger partial charge in [0.25, 0.3) is 0 Å². The van der Waals surface area contributed by atoms with Crippen molar-refractivity contribution < 1.29 is 29.6 Å². The van der Waals surface area contributed by atoms with Gasteiger partial charge in [-0.05, 0) is 24.3 Å². The third-order valence-electron chi connectivity index (χ3n) is 2.55. The third kappa shape index (κ3) is 3.97. The van der Waals surface area contributed by atoms with Gasteiger partial charge in [-0.3, -0.25) is 9.59 Å². The van der Waals surface area contributed by atoms with Crippen molar-refractivity contribution in [3.8, 4) is 23.0 Å². The van der Waals surface area contributed by atoms with Crippen LogP contribution in [0.3, 0.4) is 0 Å². The normalized spacial score (nSPS) is 9.19. The first-order valence-corrected chi connectivity index (χ1v) is 5.82. The molecule has 3 N–H and O–H groups in total. The standard InChI is InChI=1S/C8H8O3.C7H6O3/c1-11-7-4-2-3-6(5-9)8(7)10;8-4-5-2-1-3-6(9)7(5)10/h2-5,10H,1H3;1-4,9-10H. The van der Waals surface area contributed by atoms with Gasteiger partial charge in [-0.25, -0.2) is 0 Å². The first-order valence-electron chi connectivity index (χ1n) is 5.82. The fourth-order valence-electron chi connectivity index (χ4n) is 1.44. The molecular weight excluding hydrogens is 276 g/mol. The summed E-state index contributed by atoms with van der Waals surface area (Å²) >= 11 is 0. The van der Waals surface area contributed by atoms with E-state index in [0.29, 0.717) is 18.3 Å². The molecule has 110 valence electrons. The van der Waals surface area contributed by atoms with Crippen LogP contribution in [0.5, 0.6) is 23.0 Å². The minimum Gasteiger partial charge on any atom is -0.504 e. The van der Waals surface area contributed by atoms with E-state index in [9.17, 15) is 14.7 Å². The Labute approximate surface area is 120 Å². The van der Waals surface area contributed by atoms with Crippen LogP contribution in [-0.2, 0) is 0 Å². The highest BCUT2D eigenvalue weighted by Gasteiger charge is 2.04. The van der Waals surface area contributed by atoms with Crippen LogP contribution in [0.25, 0.3) is 0 Å². The Morgan fingerprint density at radius 2 is 1.38 bits per heavy atom. The van der Waals surface area contributed by atoms with Crippen molar-refractivity contribution in [3.63, 3.8) is 0 Å². The molecule has 0 fully saturated rings. The van der Waals surface area contributed by atoms with Gasteiger partial charge in [-0.1, -0.05) is 12.1 Å². The number of carbonyl (C=O) groups excluding carboxylic acids is 2. The van der Waals surface area contributed by atoms with E-state index in [1.165, 1.54) is 31.4 Å². The van der Waals surface area contributed by atoms with E-state index in [-0.39, 0.29) is 28.4 Å². The van der Waals surface area contributed by atoms with Crippen LogP contribution >= 0.6 is 0 Å². The van der Waals surface area contributed by atoms with Crippen molar-refractivity contribution in [2.45, 2.75) is 0 Å². The zero-order valence-electron chi connectivity index (χ0n) is 11.2. The summed E-state index contributed by atoms with van der Waals surface area (Å²) in [5.74, 6) is -0.429. The Balaban J connectivity index is 0.000000211. The van der Waals surface area contributed by atoms with Crippen molar-refractivity contribution in [3.05, 3.63) is 47.5 Å². The fourth-order valence-corrected chi connectivity index (χ4v) is 1.44. The van der Waals surface area contributed by atoms with Crippen molar-refractivity contribution in [2.24, 2.45) is 0 Å². The first-order chi connectivity index (χ1) is 10.0. The summed E-state index contributed by atoms with van der Waals surface area (Å²) in [6.07, 6.45) is 1.06. The molecule has 0 heterocycles. The molecule has 0 amide bonds. The van der Waals surface area contributed by atoms with E-state index in [1.807, 2.05) is 0 Å². The van der Waals surface area contributed by atoms with Gasteiger partial charge in [-0.2, -0.15) is 0 Å².